The Hall–Kier alpha value is -3.28. The molecule has 0 saturated carbocycles. The lowest BCUT2D eigenvalue weighted by Gasteiger charge is -2.03. The monoisotopic (exact) mass is 323 g/mol. The van der Waals surface area contributed by atoms with Gasteiger partial charge >= 0.3 is 5.69 Å². The summed E-state index contributed by atoms with van der Waals surface area (Å²) in [6.07, 6.45) is 3.18. The maximum absolute atomic E-state index is 12.0. The van der Waals surface area contributed by atoms with Gasteiger partial charge in [0.05, 0.1) is 17.6 Å². The lowest BCUT2D eigenvalue weighted by atomic mass is 10.2. The molecule has 3 rings (SSSR count). The molecule has 0 bridgehead atoms. The number of carbonyl (C=O) groups excluding carboxylic acids is 1. The highest BCUT2D eigenvalue weighted by Gasteiger charge is 2.02. The van der Waals surface area contributed by atoms with E-state index in [1.807, 2.05) is 31.2 Å². The van der Waals surface area contributed by atoms with Crippen molar-refractivity contribution in [1.29, 1.82) is 0 Å². The van der Waals surface area contributed by atoms with Crippen LogP contribution in [-0.2, 0) is 4.79 Å². The summed E-state index contributed by atoms with van der Waals surface area (Å²) < 4.78 is 5.37. The average Bonchev–Trinajstić information content (AvgIpc) is 2.94. The van der Waals surface area contributed by atoms with Gasteiger partial charge in [0.15, 0.2) is 0 Å². The molecule has 2 aromatic carbocycles. The van der Waals surface area contributed by atoms with E-state index in [-0.39, 0.29) is 11.6 Å². The minimum Gasteiger partial charge on any atom is -0.494 e. The zero-order valence-corrected chi connectivity index (χ0v) is 13.1. The summed E-state index contributed by atoms with van der Waals surface area (Å²) in [5, 5.41) is 2.76. The van der Waals surface area contributed by atoms with E-state index >= 15 is 0 Å². The molecule has 0 aliphatic carbocycles. The molecule has 122 valence electrons. The number of rotatable bonds is 5. The second-order valence-electron chi connectivity index (χ2n) is 5.16. The SMILES string of the molecule is CCOc1ccc(/C=C/C(=O)Nc2ccc3[nH]c(=O)[nH]c3c2)cc1. The topological polar surface area (TPSA) is 87.0 Å². The van der Waals surface area contributed by atoms with Crippen LogP contribution >= 0.6 is 0 Å². The molecule has 1 aromatic heterocycles. The zero-order valence-electron chi connectivity index (χ0n) is 13.1. The number of carbonyl (C=O) groups is 1. The number of fused-ring (bicyclic) bond motifs is 1. The van der Waals surface area contributed by atoms with E-state index in [0.717, 1.165) is 11.3 Å². The van der Waals surface area contributed by atoms with Crippen LogP contribution in [0.15, 0.2) is 53.3 Å². The highest BCUT2D eigenvalue weighted by molar-refractivity contribution is 6.02. The Morgan fingerprint density at radius 3 is 2.62 bits per heavy atom. The van der Waals surface area contributed by atoms with E-state index in [0.29, 0.717) is 23.3 Å². The fourth-order valence-electron chi connectivity index (χ4n) is 2.31. The van der Waals surface area contributed by atoms with Gasteiger partial charge in [0.25, 0.3) is 0 Å². The molecule has 0 radical (unpaired) electrons. The summed E-state index contributed by atoms with van der Waals surface area (Å²) in [6, 6.07) is 12.6. The number of anilines is 1. The van der Waals surface area contributed by atoms with Gasteiger partial charge in [-0.1, -0.05) is 12.1 Å². The minimum absolute atomic E-state index is 0.249. The van der Waals surface area contributed by atoms with Crippen LogP contribution in [0.4, 0.5) is 5.69 Å². The highest BCUT2D eigenvalue weighted by atomic mass is 16.5. The highest BCUT2D eigenvalue weighted by Crippen LogP contribution is 2.15. The van der Waals surface area contributed by atoms with E-state index in [4.69, 9.17) is 4.74 Å². The number of H-pyrrole nitrogens is 2. The number of hydrogen-bond donors (Lipinski definition) is 3. The first kappa shape index (κ1) is 15.6. The van der Waals surface area contributed by atoms with Gasteiger partial charge in [-0.3, -0.25) is 4.79 Å². The van der Waals surface area contributed by atoms with Crippen LogP contribution in [0.5, 0.6) is 5.75 Å². The van der Waals surface area contributed by atoms with Gasteiger partial charge < -0.3 is 20.0 Å². The number of hydrogen-bond acceptors (Lipinski definition) is 3. The lowest BCUT2D eigenvalue weighted by Crippen LogP contribution is -2.07. The van der Waals surface area contributed by atoms with E-state index in [1.54, 1.807) is 24.3 Å². The third-order valence-corrected chi connectivity index (χ3v) is 3.40. The van der Waals surface area contributed by atoms with Crippen LogP contribution in [0.2, 0.25) is 0 Å². The number of benzene rings is 2. The van der Waals surface area contributed by atoms with Gasteiger partial charge in [-0.05, 0) is 48.9 Å². The normalized spacial score (nSPS) is 11.0. The largest absolute Gasteiger partial charge is 0.494 e. The molecule has 24 heavy (non-hydrogen) atoms. The van der Waals surface area contributed by atoms with Crippen LogP contribution < -0.4 is 15.7 Å². The Kier molecular flexibility index (Phi) is 4.47. The quantitative estimate of drug-likeness (QED) is 0.631. The molecule has 0 aliphatic heterocycles. The van der Waals surface area contributed by atoms with E-state index < -0.39 is 0 Å². The van der Waals surface area contributed by atoms with Crippen LogP contribution in [0.1, 0.15) is 12.5 Å². The summed E-state index contributed by atoms with van der Waals surface area (Å²) in [7, 11) is 0. The average molecular weight is 323 g/mol. The van der Waals surface area contributed by atoms with Crippen molar-refractivity contribution in [1.82, 2.24) is 9.97 Å². The van der Waals surface area contributed by atoms with Gasteiger partial charge in [0.1, 0.15) is 5.75 Å². The Labute approximate surface area is 138 Å². The predicted molar refractivity (Wildman–Crippen MR) is 94.2 cm³/mol. The predicted octanol–water partition coefficient (Wildman–Crippen LogP) is 2.91. The van der Waals surface area contributed by atoms with Crippen LogP contribution in [0, 0.1) is 0 Å². The molecule has 0 saturated heterocycles. The summed E-state index contributed by atoms with van der Waals surface area (Å²) in [6.45, 7) is 2.55. The van der Waals surface area contributed by atoms with Gasteiger partial charge in [-0.25, -0.2) is 4.79 Å². The molecular formula is C18H17N3O3. The van der Waals surface area contributed by atoms with E-state index in [1.165, 1.54) is 6.08 Å². The minimum atomic E-state index is -0.274. The fourth-order valence-corrected chi connectivity index (χ4v) is 2.31. The number of amides is 1. The van der Waals surface area contributed by atoms with Crippen molar-refractivity contribution < 1.29 is 9.53 Å². The van der Waals surface area contributed by atoms with E-state index in [2.05, 4.69) is 15.3 Å². The molecular weight excluding hydrogens is 306 g/mol. The molecule has 0 aliphatic rings. The molecule has 0 atom stereocenters. The summed E-state index contributed by atoms with van der Waals surface area (Å²) in [5.41, 5.74) is 2.58. The van der Waals surface area contributed by atoms with Crippen molar-refractivity contribution in [2.45, 2.75) is 6.92 Å². The summed E-state index contributed by atoms with van der Waals surface area (Å²) >= 11 is 0. The van der Waals surface area contributed by atoms with Gasteiger partial charge in [-0.15, -0.1) is 0 Å². The first-order valence-corrected chi connectivity index (χ1v) is 7.58. The third-order valence-electron chi connectivity index (χ3n) is 3.40. The number of imidazole rings is 1. The van der Waals surface area contributed by atoms with Crippen molar-refractivity contribution >= 4 is 28.7 Å². The van der Waals surface area contributed by atoms with Crippen molar-refractivity contribution in [2.24, 2.45) is 0 Å². The molecule has 1 amide bonds. The van der Waals surface area contributed by atoms with Crippen LogP contribution in [0.25, 0.3) is 17.1 Å². The number of nitrogens with one attached hydrogen (secondary N) is 3. The standard InChI is InChI=1S/C18H17N3O3/c1-2-24-14-7-3-12(4-8-14)5-10-17(22)19-13-6-9-15-16(11-13)21-18(23)20-15/h3-11H,2H2,1H3,(H,19,22)(H2,20,21,23)/b10-5+. The molecule has 3 aromatic rings. The number of aromatic amines is 2. The van der Waals surface area contributed by atoms with Crippen LogP contribution in [-0.4, -0.2) is 22.5 Å². The van der Waals surface area contributed by atoms with Crippen molar-refractivity contribution in [3.05, 3.63) is 64.6 Å². The zero-order chi connectivity index (χ0) is 16.9. The first-order chi connectivity index (χ1) is 11.6. The summed E-state index contributed by atoms with van der Waals surface area (Å²) in [5.74, 6) is 0.550. The Balaban J connectivity index is 1.66. The molecule has 6 nitrogen and oxygen atoms in total. The third kappa shape index (κ3) is 3.73. The molecule has 0 unspecified atom stereocenters. The van der Waals surface area contributed by atoms with Gasteiger partial charge in [0.2, 0.25) is 5.91 Å². The number of aromatic nitrogens is 2. The summed E-state index contributed by atoms with van der Waals surface area (Å²) in [4.78, 5) is 28.5. The molecule has 0 fully saturated rings. The molecule has 3 N–H and O–H groups in total. The van der Waals surface area contributed by atoms with Crippen molar-refractivity contribution in [3.63, 3.8) is 0 Å². The van der Waals surface area contributed by atoms with E-state index in [9.17, 15) is 9.59 Å². The maximum Gasteiger partial charge on any atom is 0.323 e. The van der Waals surface area contributed by atoms with Crippen molar-refractivity contribution in [3.8, 4) is 5.75 Å². The second-order valence-corrected chi connectivity index (χ2v) is 5.16. The number of ether oxygens (including phenoxy) is 1. The Morgan fingerprint density at radius 2 is 1.88 bits per heavy atom. The Bertz CT molecular complexity index is 936. The lowest BCUT2D eigenvalue weighted by molar-refractivity contribution is -0.111. The van der Waals surface area contributed by atoms with Gasteiger partial charge in [-0.2, -0.15) is 0 Å². The molecule has 0 spiro atoms. The van der Waals surface area contributed by atoms with Crippen molar-refractivity contribution in [2.75, 3.05) is 11.9 Å². The maximum atomic E-state index is 12.0. The van der Waals surface area contributed by atoms with Gasteiger partial charge in [0, 0.05) is 11.8 Å². The first-order valence-electron chi connectivity index (χ1n) is 7.58. The fraction of sp³-hybridized carbons (Fsp3) is 0.111. The second kappa shape index (κ2) is 6.87. The molecule has 1 heterocycles. The Morgan fingerprint density at radius 1 is 1.12 bits per heavy atom. The van der Waals surface area contributed by atoms with Crippen LogP contribution in [0.3, 0.4) is 0 Å². The smallest absolute Gasteiger partial charge is 0.323 e. The molecule has 6 heteroatoms.